The van der Waals surface area contributed by atoms with Crippen molar-refractivity contribution in [2.24, 2.45) is 0 Å². The van der Waals surface area contributed by atoms with Crippen LogP contribution in [0, 0.1) is 20.2 Å². The Labute approximate surface area is 78.6 Å². The SMILES string of the molecule is O=[N+]([O-])CC(C[N+](=O)[O-])c1ccoc1. The smallest absolute Gasteiger partial charge is 0.217 e. The second kappa shape index (κ2) is 4.35. The van der Waals surface area contributed by atoms with Gasteiger partial charge in [0.05, 0.1) is 12.5 Å². The maximum Gasteiger partial charge on any atom is 0.217 e. The fourth-order valence-electron chi connectivity index (χ4n) is 1.14. The Morgan fingerprint density at radius 3 is 2.21 bits per heavy atom. The van der Waals surface area contributed by atoms with Crippen molar-refractivity contribution in [3.05, 3.63) is 44.4 Å². The van der Waals surface area contributed by atoms with Gasteiger partial charge in [0.2, 0.25) is 13.1 Å². The molecule has 0 aliphatic heterocycles. The molecule has 0 spiro atoms. The van der Waals surface area contributed by atoms with E-state index in [4.69, 9.17) is 4.42 Å². The van der Waals surface area contributed by atoms with Gasteiger partial charge in [0.15, 0.2) is 0 Å². The molecular formula is C7H8N2O5. The van der Waals surface area contributed by atoms with Gasteiger partial charge >= 0.3 is 0 Å². The lowest BCUT2D eigenvalue weighted by Gasteiger charge is -2.04. The zero-order valence-electron chi connectivity index (χ0n) is 7.16. The van der Waals surface area contributed by atoms with Crippen LogP contribution < -0.4 is 0 Å². The first kappa shape index (κ1) is 10.2. The van der Waals surface area contributed by atoms with Crippen LogP contribution >= 0.6 is 0 Å². The summed E-state index contributed by atoms with van der Waals surface area (Å²) in [6.45, 7) is -0.916. The fraction of sp³-hybridized carbons (Fsp3) is 0.429. The summed E-state index contributed by atoms with van der Waals surface area (Å²) in [5.74, 6) is -0.723. The molecule has 1 aromatic rings. The summed E-state index contributed by atoms with van der Waals surface area (Å²) in [5.41, 5.74) is 0.485. The number of nitrogens with zero attached hydrogens (tertiary/aromatic N) is 2. The molecule has 0 saturated heterocycles. The van der Waals surface area contributed by atoms with E-state index < -0.39 is 28.9 Å². The Morgan fingerprint density at radius 2 is 1.86 bits per heavy atom. The van der Waals surface area contributed by atoms with Gasteiger partial charge in [-0.25, -0.2) is 0 Å². The van der Waals surface area contributed by atoms with Gasteiger partial charge in [0, 0.05) is 15.4 Å². The van der Waals surface area contributed by atoms with E-state index in [1.165, 1.54) is 18.6 Å². The van der Waals surface area contributed by atoms with E-state index in [1.807, 2.05) is 0 Å². The van der Waals surface area contributed by atoms with E-state index in [0.29, 0.717) is 5.56 Å². The highest BCUT2D eigenvalue weighted by Gasteiger charge is 2.24. The number of nitro groups is 2. The third-order valence-electron chi connectivity index (χ3n) is 1.75. The number of furan rings is 1. The van der Waals surface area contributed by atoms with Crippen molar-refractivity contribution in [1.29, 1.82) is 0 Å². The van der Waals surface area contributed by atoms with Gasteiger partial charge in [-0.15, -0.1) is 0 Å². The summed E-state index contributed by atoms with van der Waals surface area (Å²) in [4.78, 5) is 19.3. The van der Waals surface area contributed by atoms with E-state index in [-0.39, 0.29) is 0 Å². The highest BCUT2D eigenvalue weighted by atomic mass is 16.6. The van der Waals surface area contributed by atoms with E-state index >= 15 is 0 Å². The lowest BCUT2D eigenvalue weighted by atomic mass is 10.0. The van der Waals surface area contributed by atoms with Gasteiger partial charge in [0.1, 0.15) is 5.92 Å². The molecule has 0 radical (unpaired) electrons. The van der Waals surface area contributed by atoms with Gasteiger partial charge in [0.25, 0.3) is 0 Å². The summed E-state index contributed by atoms with van der Waals surface area (Å²) in [5, 5.41) is 20.5. The van der Waals surface area contributed by atoms with Crippen molar-refractivity contribution in [2.75, 3.05) is 13.1 Å². The van der Waals surface area contributed by atoms with Crippen molar-refractivity contribution in [3.63, 3.8) is 0 Å². The third kappa shape index (κ3) is 2.85. The zero-order valence-corrected chi connectivity index (χ0v) is 7.16. The van der Waals surface area contributed by atoms with E-state index in [2.05, 4.69) is 0 Å². The molecule has 0 amide bonds. The quantitative estimate of drug-likeness (QED) is 0.519. The highest BCUT2D eigenvalue weighted by molar-refractivity contribution is 5.12. The summed E-state index contributed by atoms with van der Waals surface area (Å²) < 4.78 is 4.71. The van der Waals surface area contributed by atoms with Gasteiger partial charge in [-0.1, -0.05) is 0 Å². The van der Waals surface area contributed by atoms with Crippen LogP contribution in [0.4, 0.5) is 0 Å². The Kier molecular flexibility index (Phi) is 3.16. The monoisotopic (exact) mass is 200 g/mol. The molecule has 7 heteroatoms. The summed E-state index contributed by atoms with van der Waals surface area (Å²) >= 11 is 0. The minimum atomic E-state index is -0.723. The van der Waals surface area contributed by atoms with Crippen molar-refractivity contribution >= 4 is 0 Å². The van der Waals surface area contributed by atoms with Gasteiger partial charge in [-0.05, 0) is 6.07 Å². The molecule has 7 nitrogen and oxygen atoms in total. The lowest BCUT2D eigenvalue weighted by molar-refractivity contribution is -0.516. The molecule has 1 heterocycles. The predicted octanol–water partition coefficient (Wildman–Crippen LogP) is 0.917. The second-order valence-electron chi connectivity index (χ2n) is 2.78. The predicted molar refractivity (Wildman–Crippen MR) is 45.2 cm³/mol. The highest BCUT2D eigenvalue weighted by Crippen LogP contribution is 2.16. The van der Waals surface area contributed by atoms with Crippen LogP contribution in [-0.2, 0) is 0 Å². The van der Waals surface area contributed by atoms with Crippen LogP contribution in [0.5, 0.6) is 0 Å². The first-order valence-electron chi connectivity index (χ1n) is 3.85. The molecule has 0 saturated carbocycles. The summed E-state index contributed by atoms with van der Waals surface area (Å²) in [7, 11) is 0. The van der Waals surface area contributed by atoms with E-state index in [9.17, 15) is 20.2 Å². The molecule has 0 bridgehead atoms. The number of rotatable bonds is 5. The minimum absolute atomic E-state index is 0.458. The van der Waals surface area contributed by atoms with E-state index in [1.54, 1.807) is 0 Å². The molecule has 76 valence electrons. The summed E-state index contributed by atoms with van der Waals surface area (Å²) in [6.07, 6.45) is 2.62. The Hall–Kier alpha value is -1.92. The van der Waals surface area contributed by atoms with Crippen LogP contribution in [0.1, 0.15) is 11.5 Å². The topological polar surface area (TPSA) is 99.4 Å². The average molecular weight is 200 g/mol. The molecule has 0 fully saturated rings. The molecule has 0 aliphatic rings. The van der Waals surface area contributed by atoms with Crippen molar-refractivity contribution in [3.8, 4) is 0 Å². The largest absolute Gasteiger partial charge is 0.472 e. The average Bonchev–Trinajstić information content (AvgIpc) is 2.52. The second-order valence-corrected chi connectivity index (χ2v) is 2.78. The van der Waals surface area contributed by atoms with Crippen molar-refractivity contribution in [2.45, 2.75) is 5.92 Å². The molecule has 0 aliphatic carbocycles. The maximum atomic E-state index is 10.2. The summed E-state index contributed by atoms with van der Waals surface area (Å²) in [6, 6.07) is 1.50. The van der Waals surface area contributed by atoms with Gasteiger partial charge in [-0.2, -0.15) is 0 Å². The zero-order chi connectivity index (χ0) is 10.6. The Balaban J connectivity index is 2.71. The molecule has 1 aromatic heterocycles. The first-order chi connectivity index (χ1) is 6.59. The van der Waals surface area contributed by atoms with E-state index in [0.717, 1.165) is 0 Å². The lowest BCUT2D eigenvalue weighted by Crippen LogP contribution is -2.20. The standard InChI is InChI=1S/C7H8N2O5/c10-8(11)3-7(4-9(12)13)6-1-2-14-5-6/h1-2,5,7H,3-4H2. The Bertz CT molecular complexity index is 305. The third-order valence-corrected chi connectivity index (χ3v) is 1.75. The van der Waals surface area contributed by atoms with Crippen LogP contribution in [0.15, 0.2) is 23.0 Å². The number of hydrogen-bond donors (Lipinski definition) is 0. The normalized spacial score (nSPS) is 10.4. The molecule has 0 unspecified atom stereocenters. The molecule has 1 rings (SSSR count). The molecule has 0 atom stereocenters. The van der Waals surface area contributed by atoms with Crippen LogP contribution in [0.2, 0.25) is 0 Å². The molecule has 0 aromatic carbocycles. The molecular weight excluding hydrogens is 192 g/mol. The van der Waals surface area contributed by atoms with Gasteiger partial charge in [-0.3, -0.25) is 20.2 Å². The molecule has 0 N–H and O–H groups in total. The fourth-order valence-corrected chi connectivity index (χ4v) is 1.14. The van der Waals surface area contributed by atoms with Crippen molar-refractivity contribution < 1.29 is 14.3 Å². The number of hydrogen-bond acceptors (Lipinski definition) is 5. The van der Waals surface area contributed by atoms with Gasteiger partial charge < -0.3 is 4.42 Å². The van der Waals surface area contributed by atoms with Crippen LogP contribution in [0.3, 0.4) is 0 Å². The Morgan fingerprint density at radius 1 is 1.29 bits per heavy atom. The minimum Gasteiger partial charge on any atom is -0.472 e. The maximum absolute atomic E-state index is 10.2. The van der Waals surface area contributed by atoms with Crippen LogP contribution in [0.25, 0.3) is 0 Å². The molecule has 14 heavy (non-hydrogen) atoms. The van der Waals surface area contributed by atoms with Crippen LogP contribution in [-0.4, -0.2) is 22.9 Å². The van der Waals surface area contributed by atoms with Crippen molar-refractivity contribution in [1.82, 2.24) is 0 Å². The first-order valence-corrected chi connectivity index (χ1v) is 3.85.